The highest BCUT2D eigenvalue weighted by atomic mass is 19.1. The molecule has 2 saturated heterocycles. The molecule has 0 unspecified atom stereocenters. The quantitative estimate of drug-likeness (QED) is 0.883. The molecular formula is C23H25FN2O2. The van der Waals surface area contributed by atoms with Gasteiger partial charge in [-0.2, -0.15) is 0 Å². The van der Waals surface area contributed by atoms with Gasteiger partial charge in [0.2, 0.25) is 0 Å². The number of hydrogen-bond acceptors (Lipinski definition) is 3. The van der Waals surface area contributed by atoms with Gasteiger partial charge in [-0.3, -0.25) is 9.69 Å². The minimum Gasteiger partial charge on any atom is -0.376 e. The van der Waals surface area contributed by atoms with Crippen molar-refractivity contribution in [1.29, 1.82) is 0 Å². The zero-order chi connectivity index (χ0) is 19.1. The monoisotopic (exact) mass is 380 g/mol. The summed E-state index contributed by atoms with van der Waals surface area (Å²) in [5.74, 6) is 0.136. The van der Waals surface area contributed by atoms with Crippen LogP contribution in [0, 0.1) is 11.7 Å². The Bertz CT molecular complexity index is 858. The lowest BCUT2D eigenvalue weighted by Crippen LogP contribution is -2.70. The molecule has 1 aliphatic carbocycles. The van der Waals surface area contributed by atoms with Crippen molar-refractivity contribution in [1.82, 2.24) is 10.2 Å². The zero-order valence-corrected chi connectivity index (χ0v) is 15.8. The standard InChI is InChI=1S/C23H25FN2O2/c24-18-5-3-4-17(14-18)15-6-8-16(9-7-15)23(27)25-20-19-10-13-28-22(19)21(20)26-11-1-2-12-26/h3-9,14,19-22H,1-2,10-13H2,(H,25,27)/t19-,20+,21-,22-/m1/s1. The van der Waals surface area contributed by atoms with Gasteiger partial charge in [-0.15, -0.1) is 0 Å². The third kappa shape index (κ3) is 3.12. The summed E-state index contributed by atoms with van der Waals surface area (Å²) in [6, 6.07) is 14.4. The molecule has 2 aliphatic heterocycles. The first-order valence-corrected chi connectivity index (χ1v) is 10.2. The van der Waals surface area contributed by atoms with Gasteiger partial charge in [0.25, 0.3) is 5.91 Å². The fourth-order valence-electron chi connectivity index (χ4n) is 5.06. The first-order valence-electron chi connectivity index (χ1n) is 10.2. The average Bonchev–Trinajstić information content (AvgIpc) is 3.37. The molecule has 28 heavy (non-hydrogen) atoms. The maximum absolute atomic E-state index is 13.4. The summed E-state index contributed by atoms with van der Waals surface area (Å²) in [7, 11) is 0. The predicted molar refractivity (Wildman–Crippen MR) is 106 cm³/mol. The molecule has 4 atom stereocenters. The summed E-state index contributed by atoms with van der Waals surface area (Å²) in [5, 5.41) is 3.28. The highest BCUT2D eigenvalue weighted by molar-refractivity contribution is 5.95. The maximum atomic E-state index is 13.4. The van der Waals surface area contributed by atoms with Crippen LogP contribution in [0.4, 0.5) is 4.39 Å². The van der Waals surface area contributed by atoms with Gasteiger partial charge in [-0.25, -0.2) is 4.39 Å². The lowest BCUT2D eigenvalue weighted by Gasteiger charge is -2.51. The number of fused-ring (bicyclic) bond motifs is 1. The van der Waals surface area contributed by atoms with E-state index in [-0.39, 0.29) is 23.9 Å². The number of carbonyl (C=O) groups is 1. The van der Waals surface area contributed by atoms with Crippen LogP contribution in [-0.4, -0.2) is 48.7 Å². The molecule has 2 heterocycles. The zero-order valence-electron chi connectivity index (χ0n) is 15.8. The van der Waals surface area contributed by atoms with E-state index < -0.39 is 0 Å². The molecular weight excluding hydrogens is 355 g/mol. The second-order valence-corrected chi connectivity index (χ2v) is 8.11. The van der Waals surface area contributed by atoms with Crippen molar-refractivity contribution in [2.75, 3.05) is 19.7 Å². The van der Waals surface area contributed by atoms with Crippen molar-refractivity contribution >= 4 is 5.91 Å². The minimum atomic E-state index is -0.259. The molecule has 146 valence electrons. The number of likely N-dealkylation sites (tertiary alicyclic amines) is 1. The Morgan fingerprint density at radius 3 is 2.61 bits per heavy atom. The van der Waals surface area contributed by atoms with Gasteiger partial charge in [0.1, 0.15) is 5.82 Å². The lowest BCUT2D eigenvalue weighted by molar-refractivity contribution is -0.0747. The molecule has 5 rings (SSSR count). The Hall–Kier alpha value is -2.24. The number of amides is 1. The molecule has 2 aromatic rings. The highest BCUT2D eigenvalue weighted by Gasteiger charge is 2.56. The van der Waals surface area contributed by atoms with E-state index in [2.05, 4.69) is 10.2 Å². The summed E-state index contributed by atoms with van der Waals surface area (Å²) >= 11 is 0. The van der Waals surface area contributed by atoms with E-state index >= 15 is 0 Å². The molecule has 0 radical (unpaired) electrons. The number of nitrogens with zero attached hydrogens (tertiary/aromatic N) is 1. The molecule has 5 heteroatoms. The van der Waals surface area contributed by atoms with Crippen molar-refractivity contribution in [3.8, 4) is 11.1 Å². The maximum Gasteiger partial charge on any atom is 0.251 e. The summed E-state index contributed by atoms with van der Waals surface area (Å²) < 4.78 is 19.4. The summed E-state index contributed by atoms with van der Waals surface area (Å²) in [4.78, 5) is 15.4. The largest absolute Gasteiger partial charge is 0.376 e. The lowest BCUT2D eigenvalue weighted by atomic mass is 9.70. The molecule has 1 saturated carbocycles. The van der Waals surface area contributed by atoms with E-state index in [9.17, 15) is 9.18 Å². The van der Waals surface area contributed by atoms with Crippen molar-refractivity contribution < 1.29 is 13.9 Å². The Balaban J connectivity index is 1.29. The van der Waals surface area contributed by atoms with E-state index in [1.807, 2.05) is 30.3 Å². The Morgan fingerprint density at radius 1 is 1.07 bits per heavy atom. The number of benzene rings is 2. The van der Waals surface area contributed by atoms with Crippen LogP contribution in [-0.2, 0) is 4.74 Å². The fraction of sp³-hybridized carbons (Fsp3) is 0.435. The van der Waals surface area contributed by atoms with Crippen molar-refractivity contribution in [2.24, 2.45) is 5.92 Å². The van der Waals surface area contributed by atoms with Crippen LogP contribution < -0.4 is 5.32 Å². The number of hydrogen-bond donors (Lipinski definition) is 1. The van der Waals surface area contributed by atoms with E-state index in [0.717, 1.165) is 37.2 Å². The highest BCUT2D eigenvalue weighted by Crippen LogP contribution is 2.43. The van der Waals surface area contributed by atoms with E-state index in [1.54, 1.807) is 6.07 Å². The van der Waals surface area contributed by atoms with Gasteiger partial charge in [-0.05, 0) is 67.7 Å². The number of ether oxygens (including phenoxy) is 1. The third-order valence-electron chi connectivity index (χ3n) is 6.51. The molecule has 0 bridgehead atoms. The second-order valence-electron chi connectivity index (χ2n) is 8.11. The normalized spacial score (nSPS) is 29.3. The number of halogens is 1. The average molecular weight is 380 g/mol. The third-order valence-corrected chi connectivity index (χ3v) is 6.51. The minimum absolute atomic E-state index is 0.0367. The van der Waals surface area contributed by atoms with E-state index in [4.69, 9.17) is 4.74 Å². The SMILES string of the molecule is O=C(N[C@H]1[C@H]2CCO[C@H]2[C@@H]1N1CCCC1)c1ccc(-c2cccc(F)c2)cc1. The molecule has 3 fully saturated rings. The molecule has 1 amide bonds. The van der Waals surface area contributed by atoms with E-state index in [1.165, 1.54) is 25.0 Å². The van der Waals surface area contributed by atoms with Gasteiger partial charge < -0.3 is 10.1 Å². The van der Waals surface area contributed by atoms with Crippen LogP contribution in [0.15, 0.2) is 48.5 Å². The van der Waals surface area contributed by atoms with Gasteiger partial charge in [0.15, 0.2) is 0 Å². The molecule has 4 nitrogen and oxygen atoms in total. The smallest absolute Gasteiger partial charge is 0.251 e. The molecule has 3 aliphatic rings. The topological polar surface area (TPSA) is 41.6 Å². The summed E-state index contributed by atoms with van der Waals surface area (Å²) in [5.41, 5.74) is 2.35. The van der Waals surface area contributed by atoms with Gasteiger partial charge in [0, 0.05) is 18.1 Å². The molecule has 1 N–H and O–H groups in total. The van der Waals surface area contributed by atoms with E-state index in [0.29, 0.717) is 17.5 Å². The molecule has 0 spiro atoms. The van der Waals surface area contributed by atoms with Gasteiger partial charge in [-0.1, -0.05) is 24.3 Å². The van der Waals surface area contributed by atoms with Crippen LogP contribution in [0.2, 0.25) is 0 Å². The predicted octanol–water partition coefficient (Wildman–Crippen LogP) is 3.47. The first-order chi connectivity index (χ1) is 13.7. The summed E-state index contributed by atoms with van der Waals surface area (Å²) in [6.45, 7) is 3.01. The number of carbonyl (C=O) groups excluding carboxylic acids is 1. The van der Waals surface area contributed by atoms with Crippen LogP contribution in [0.3, 0.4) is 0 Å². The van der Waals surface area contributed by atoms with Crippen LogP contribution in [0.1, 0.15) is 29.6 Å². The van der Waals surface area contributed by atoms with Crippen molar-refractivity contribution in [2.45, 2.75) is 37.5 Å². The molecule has 2 aromatic carbocycles. The van der Waals surface area contributed by atoms with Gasteiger partial charge >= 0.3 is 0 Å². The Labute approximate surface area is 164 Å². The summed E-state index contributed by atoms with van der Waals surface area (Å²) in [6.07, 6.45) is 3.77. The van der Waals surface area contributed by atoms with Crippen LogP contribution in [0.5, 0.6) is 0 Å². The molecule has 0 aromatic heterocycles. The van der Waals surface area contributed by atoms with Crippen LogP contribution in [0.25, 0.3) is 11.1 Å². The number of nitrogens with one attached hydrogen (secondary N) is 1. The Morgan fingerprint density at radius 2 is 1.86 bits per heavy atom. The van der Waals surface area contributed by atoms with Crippen molar-refractivity contribution in [3.63, 3.8) is 0 Å². The van der Waals surface area contributed by atoms with Crippen LogP contribution >= 0.6 is 0 Å². The van der Waals surface area contributed by atoms with Gasteiger partial charge in [0.05, 0.1) is 18.2 Å². The fourth-order valence-corrected chi connectivity index (χ4v) is 5.06. The Kier molecular flexibility index (Phi) is 4.65. The first kappa shape index (κ1) is 17.8. The number of rotatable bonds is 4. The van der Waals surface area contributed by atoms with Crippen molar-refractivity contribution in [3.05, 3.63) is 59.9 Å². The second kappa shape index (κ2) is 7.30.